The van der Waals surface area contributed by atoms with Crippen molar-refractivity contribution in [2.24, 2.45) is 0 Å². The molecule has 0 spiro atoms. The Morgan fingerprint density at radius 2 is 2.08 bits per heavy atom. The highest BCUT2D eigenvalue weighted by Gasteiger charge is 2.19. The largest absolute Gasteiger partial charge is 0.307 e. The third-order valence-electron chi connectivity index (χ3n) is 4.39. The molecule has 1 aliphatic rings. The van der Waals surface area contributed by atoms with Gasteiger partial charge >= 0.3 is 0 Å². The fourth-order valence-electron chi connectivity index (χ4n) is 3.26. The Morgan fingerprint density at radius 1 is 1.29 bits per heavy atom. The summed E-state index contributed by atoms with van der Waals surface area (Å²) in [5.74, 6) is 1.05. The van der Waals surface area contributed by atoms with Gasteiger partial charge in [-0.2, -0.15) is 5.10 Å². The van der Waals surface area contributed by atoms with Crippen molar-refractivity contribution in [2.45, 2.75) is 43.9 Å². The Morgan fingerprint density at radius 3 is 2.83 bits per heavy atom. The molecular weight excluding hydrogens is 322 g/mol. The first kappa shape index (κ1) is 16.9. The Hall–Kier alpha value is -1.95. The van der Waals surface area contributed by atoms with E-state index in [1.165, 1.54) is 19.3 Å². The van der Waals surface area contributed by atoms with Crippen LogP contribution in [0, 0.1) is 0 Å². The zero-order valence-electron chi connectivity index (χ0n) is 13.9. The molecule has 24 heavy (non-hydrogen) atoms. The highest BCUT2D eigenvalue weighted by molar-refractivity contribution is 7.83. The molecule has 1 heterocycles. The first-order valence-electron chi connectivity index (χ1n) is 8.37. The second kappa shape index (κ2) is 7.75. The molecule has 1 aromatic carbocycles. The molecule has 0 aliphatic heterocycles. The Balaban J connectivity index is 1.73. The van der Waals surface area contributed by atoms with Gasteiger partial charge in [0.15, 0.2) is 0 Å². The van der Waals surface area contributed by atoms with E-state index >= 15 is 0 Å². The average Bonchev–Trinajstić information content (AvgIpc) is 3.03. The highest BCUT2D eigenvalue weighted by atomic mass is 32.2. The number of carbonyl (C=O) groups excluding carboxylic acids is 1. The number of aromatic nitrogens is 2. The van der Waals surface area contributed by atoms with Crippen molar-refractivity contribution < 1.29 is 9.00 Å². The maximum absolute atomic E-state index is 12.6. The summed E-state index contributed by atoms with van der Waals surface area (Å²) in [5, 5.41) is 7.38. The summed E-state index contributed by atoms with van der Waals surface area (Å²) in [6, 6.07) is 9.52. The molecule has 3 rings (SSSR count). The number of carbonyl (C=O) groups is 1. The maximum atomic E-state index is 12.6. The van der Waals surface area contributed by atoms with Crippen molar-refractivity contribution in [3.8, 4) is 0 Å². The quantitative estimate of drug-likeness (QED) is 0.902. The Kier molecular flexibility index (Phi) is 5.45. The van der Waals surface area contributed by atoms with Gasteiger partial charge in [-0.05, 0) is 30.5 Å². The number of amides is 1. The highest BCUT2D eigenvalue weighted by Crippen LogP contribution is 2.30. The van der Waals surface area contributed by atoms with Gasteiger partial charge in [-0.15, -0.1) is 0 Å². The van der Waals surface area contributed by atoms with E-state index in [9.17, 15) is 9.00 Å². The molecule has 1 aromatic heterocycles. The summed E-state index contributed by atoms with van der Waals surface area (Å²) in [4.78, 5) is 12.6. The summed E-state index contributed by atoms with van der Waals surface area (Å²) >= 11 is 0. The third-order valence-corrected chi connectivity index (χ3v) is 5.13. The molecule has 0 radical (unpaired) electrons. The van der Waals surface area contributed by atoms with Gasteiger partial charge in [-0.3, -0.25) is 9.00 Å². The zero-order valence-corrected chi connectivity index (χ0v) is 14.7. The number of hydrogen-bond acceptors (Lipinski definition) is 3. The summed E-state index contributed by atoms with van der Waals surface area (Å²) in [7, 11) is -0.922. The van der Waals surface area contributed by atoms with Gasteiger partial charge in [0.05, 0.1) is 12.2 Å². The minimum atomic E-state index is -0.922. The van der Waals surface area contributed by atoms with E-state index in [1.54, 1.807) is 24.6 Å². The third kappa shape index (κ3) is 4.12. The second-order valence-electron chi connectivity index (χ2n) is 6.32. The topological polar surface area (TPSA) is 64.0 Å². The van der Waals surface area contributed by atoms with Gasteiger partial charge in [0.1, 0.15) is 5.82 Å². The summed E-state index contributed by atoms with van der Waals surface area (Å²) in [5.41, 5.74) is 1.48. The van der Waals surface area contributed by atoms with E-state index in [4.69, 9.17) is 0 Å². The van der Waals surface area contributed by atoms with Gasteiger partial charge in [0, 0.05) is 34.4 Å². The fourth-order valence-corrected chi connectivity index (χ4v) is 3.90. The Labute approximate surface area is 144 Å². The van der Waals surface area contributed by atoms with Gasteiger partial charge in [0.2, 0.25) is 0 Å². The molecule has 0 saturated heterocycles. The minimum absolute atomic E-state index is 0.156. The smallest absolute Gasteiger partial charge is 0.256 e. The molecule has 1 atom stereocenters. The van der Waals surface area contributed by atoms with E-state index in [0.717, 1.165) is 24.2 Å². The fraction of sp³-hybridized carbons (Fsp3) is 0.444. The average molecular weight is 345 g/mol. The molecule has 1 N–H and O–H groups in total. The van der Waals surface area contributed by atoms with Gasteiger partial charge in [-0.1, -0.05) is 31.4 Å². The second-order valence-corrected chi connectivity index (χ2v) is 7.76. The molecule has 1 fully saturated rings. The number of hydrogen-bond donors (Lipinski definition) is 1. The molecule has 1 amide bonds. The van der Waals surface area contributed by atoms with E-state index in [2.05, 4.69) is 10.4 Å². The van der Waals surface area contributed by atoms with E-state index in [0.29, 0.717) is 17.4 Å². The van der Waals surface area contributed by atoms with Crippen LogP contribution in [0.15, 0.2) is 36.5 Å². The first-order valence-corrected chi connectivity index (χ1v) is 10.1. The first-order chi connectivity index (χ1) is 11.6. The number of anilines is 1. The number of rotatable bonds is 5. The van der Waals surface area contributed by atoms with Crippen LogP contribution >= 0.6 is 0 Å². The van der Waals surface area contributed by atoms with Crippen LogP contribution in [0.4, 0.5) is 5.82 Å². The van der Waals surface area contributed by atoms with E-state index in [-0.39, 0.29) is 5.91 Å². The van der Waals surface area contributed by atoms with Crippen LogP contribution in [-0.2, 0) is 16.6 Å². The zero-order chi connectivity index (χ0) is 16.9. The van der Waals surface area contributed by atoms with Crippen LogP contribution in [0.3, 0.4) is 0 Å². The minimum Gasteiger partial charge on any atom is -0.307 e. The van der Waals surface area contributed by atoms with Gasteiger partial charge in [0.25, 0.3) is 5.91 Å². The van der Waals surface area contributed by atoms with Crippen LogP contribution in [0.2, 0.25) is 0 Å². The van der Waals surface area contributed by atoms with Crippen molar-refractivity contribution in [2.75, 3.05) is 11.6 Å². The summed E-state index contributed by atoms with van der Waals surface area (Å²) < 4.78 is 13.3. The van der Waals surface area contributed by atoms with Crippen molar-refractivity contribution in [3.05, 3.63) is 47.7 Å². The van der Waals surface area contributed by atoms with Crippen LogP contribution in [0.1, 0.15) is 54.1 Å². The molecule has 2 aromatic rings. The summed E-state index contributed by atoms with van der Waals surface area (Å²) in [6.45, 7) is 0. The molecule has 0 unspecified atom stereocenters. The Bertz CT molecular complexity index is 735. The monoisotopic (exact) mass is 345 g/mol. The van der Waals surface area contributed by atoms with Crippen LogP contribution in [0.5, 0.6) is 0 Å². The standard InChI is InChI=1S/C18H23N3O2S/c1-24(23)13-14-6-5-7-15(12-14)18(22)20-17-10-11-19-21(17)16-8-3-2-4-9-16/h5-7,10-12,16H,2-4,8-9,13H2,1H3,(H,20,22)/t24-/m0/s1. The normalized spacial score (nSPS) is 16.7. The molecule has 128 valence electrons. The van der Waals surface area contributed by atoms with Gasteiger partial charge in [-0.25, -0.2) is 4.68 Å². The predicted molar refractivity (Wildman–Crippen MR) is 96.5 cm³/mol. The summed E-state index contributed by atoms with van der Waals surface area (Å²) in [6.07, 6.45) is 9.34. The lowest BCUT2D eigenvalue weighted by Crippen LogP contribution is -2.20. The molecule has 0 bridgehead atoms. The SMILES string of the molecule is C[S@](=O)Cc1cccc(C(=O)Nc2ccnn2C2CCCCC2)c1. The lowest BCUT2D eigenvalue weighted by atomic mass is 9.96. The van der Waals surface area contributed by atoms with Crippen molar-refractivity contribution >= 4 is 22.5 Å². The maximum Gasteiger partial charge on any atom is 0.256 e. The van der Waals surface area contributed by atoms with Crippen LogP contribution < -0.4 is 5.32 Å². The van der Waals surface area contributed by atoms with E-state index in [1.807, 2.05) is 22.9 Å². The molecular formula is C18H23N3O2S. The predicted octanol–water partition coefficient (Wildman–Crippen LogP) is 3.52. The molecule has 5 nitrogen and oxygen atoms in total. The molecule has 6 heteroatoms. The van der Waals surface area contributed by atoms with Crippen LogP contribution in [-0.4, -0.2) is 26.2 Å². The van der Waals surface area contributed by atoms with Crippen molar-refractivity contribution in [3.63, 3.8) is 0 Å². The van der Waals surface area contributed by atoms with Crippen molar-refractivity contribution in [1.29, 1.82) is 0 Å². The van der Waals surface area contributed by atoms with Crippen molar-refractivity contribution in [1.82, 2.24) is 9.78 Å². The lowest BCUT2D eigenvalue weighted by molar-refractivity contribution is 0.102. The van der Waals surface area contributed by atoms with E-state index < -0.39 is 10.8 Å². The number of benzene rings is 1. The van der Waals surface area contributed by atoms with Gasteiger partial charge < -0.3 is 5.32 Å². The van der Waals surface area contributed by atoms with Crippen LogP contribution in [0.25, 0.3) is 0 Å². The molecule has 1 saturated carbocycles. The molecule has 1 aliphatic carbocycles. The number of nitrogens with one attached hydrogen (secondary N) is 1. The lowest BCUT2D eigenvalue weighted by Gasteiger charge is -2.23. The number of nitrogens with zero attached hydrogens (tertiary/aromatic N) is 2.